The molecule has 1 aliphatic carbocycles. The fourth-order valence-corrected chi connectivity index (χ4v) is 2.56. The number of aromatic amines is 1. The molecule has 3 heteroatoms. The van der Waals surface area contributed by atoms with Gasteiger partial charge in [-0.15, -0.1) is 0 Å². The molecule has 0 saturated heterocycles. The Labute approximate surface area is 94.5 Å². The number of nitrogen functional groups attached to an aromatic ring is 2. The third-order valence-corrected chi connectivity index (χ3v) is 3.41. The number of aromatic nitrogens is 1. The summed E-state index contributed by atoms with van der Waals surface area (Å²) in [6.45, 7) is 0. The molecule has 0 fully saturated rings. The van der Waals surface area contributed by atoms with E-state index in [4.69, 9.17) is 11.5 Å². The van der Waals surface area contributed by atoms with Crippen molar-refractivity contribution < 1.29 is 4.98 Å². The summed E-state index contributed by atoms with van der Waals surface area (Å²) in [4.78, 5) is 3.48. The lowest BCUT2D eigenvalue weighted by molar-refractivity contribution is -0.359. The van der Waals surface area contributed by atoms with Crippen LogP contribution in [0.3, 0.4) is 0 Å². The minimum absolute atomic E-state index is 0.767. The molecule has 82 valence electrons. The van der Waals surface area contributed by atoms with E-state index in [9.17, 15) is 0 Å². The number of pyridine rings is 1. The first-order valence-corrected chi connectivity index (χ1v) is 5.77. The Hall–Kier alpha value is -1.77. The van der Waals surface area contributed by atoms with Crippen LogP contribution in [0.15, 0.2) is 18.2 Å². The maximum absolute atomic E-state index is 6.23. The lowest BCUT2D eigenvalue weighted by Gasteiger charge is -2.14. The van der Waals surface area contributed by atoms with E-state index in [1.54, 1.807) is 0 Å². The number of hydrogen-bond acceptors (Lipinski definition) is 2. The molecule has 1 aliphatic rings. The number of aryl methyl sites for hydroxylation is 1. The van der Waals surface area contributed by atoms with Gasteiger partial charge in [0.05, 0.1) is 11.1 Å². The summed E-state index contributed by atoms with van der Waals surface area (Å²) in [7, 11) is 0. The van der Waals surface area contributed by atoms with Crippen LogP contribution in [-0.2, 0) is 12.8 Å². The molecule has 0 amide bonds. The van der Waals surface area contributed by atoms with E-state index in [-0.39, 0.29) is 0 Å². The van der Waals surface area contributed by atoms with Crippen molar-refractivity contribution in [3.8, 4) is 0 Å². The molecule has 0 atom stereocenters. The van der Waals surface area contributed by atoms with Gasteiger partial charge in [-0.05, 0) is 31.4 Å². The number of fused-ring (bicyclic) bond motifs is 2. The number of benzene rings is 1. The highest BCUT2D eigenvalue weighted by Gasteiger charge is 2.21. The van der Waals surface area contributed by atoms with Gasteiger partial charge in [-0.2, -0.15) is 0 Å². The Balaban J connectivity index is 2.35. The first-order chi connectivity index (χ1) is 7.75. The molecule has 2 aromatic rings. The van der Waals surface area contributed by atoms with Gasteiger partial charge < -0.3 is 11.5 Å². The smallest absolute Gasteiger partial charge is 0.213 e. The van der Waals surface area contributed by atoms with E-state index in [1.165, 1.54) is 24.1 Å². The van der Waals surface area contributed by atoms with Crippen molar-refractivity contribution >= 4 is 22.3 Å². The summed E-state index contributed by atoms with van der Waals surface area (Å²) in [6.07, 6.45) is 4.69. The number of hydrogen-bond donors (Lipinski definition) is 2. The number of anilines is 2. The number of rotatable bonds is 0. The average Bonchev–Trinajstić information content (AvgIpc) is 2.31. The van der Waals surface area contributed by atoms with Gasteiger partial charge in [-0.3, -0.25) is 0 Å². The van der Waals surface area contributed by atoms with E-state index in [2.05, 4.69) is 4.98 Å². The first kappa shape index (κ1) is 9.46. The highest BCUT2D eigenvalue weighted by Crippen LogP contribution is 2.29. The standard InChI is InChI=1S/C13H15N3/c14-8-5-6-12-10(7-8)13(15)9-3-1-2-4-11(9)16-12/h5-7H,1-4,14H2,(H2,15,16)/p+1. The van der Waals surface area contributed by atoms with Crippen LogP contribution in [0.5, 0.6) is 0 Å². The third kappa shape index (κ3) is 1.32. The number of nitrogens with two attached hydrogens (primary N) is 2. The van der Waals surface area contributed by atoms with E-state index in [0.29, 0.717) is 0 Å². The molecule has 0 saturated carbocycles. The van der Waals surface area contributed by atoms with Crippen molar-refractivity contribution in [2.75, 3.05) is 11.5 Å². The lowest BCUT2D eigenvalue weighted by Crippen LogP contribution is -2.21. The Kier molecular flexibility index (Phi) is 1.99. The van der Waals surface area contributed by atoms with E-state index in [1.807, 2.05) is 18.2 Å². The molecule has 3 rings (SSSR count). The SMILES string of the molecule is Nc1ccc2[nH+]c3c(c(N)c2c1)CCCC3. The van der Waals surface area contributed by atoms with Crippen LogP contribution in [0.4, 0.5) is 11.4 Å². The second kappa shape index (κ2) is 3.37. The van der Waals surface area contributed by atoms with Crippen molar-refractivity contribution in [3.05, 3.63) is 29.5 Å². The van der Waals surface area contributed by atoms with Gasteiger partial charge in [0, 0.05) is 23.7 Å². The van der Waals surface area contributed by atoms with Crippen molar-refractivity contribution in [1.29, 1.82) is 0 Å². The van der Waals surface area contributed by atoms with Crippen molar-refractivity contribution in [3.63, 3.8) is 0 Å². The summed E-state index contributed by atoms with van der Waals surface area (Å²) in [5, 5.41) is 1.06. The number of H-pyrrole nitrogens is 1. The maximum atomic E-state index is 6.23. The zero-order valence-corrected chi connectivity index (χ0v) is 9.22. The van der Waals surface area contributed by atoms with Crippen LogP contribution in [0.2, 0.25) is 0 Å². The van der Waals surface area contributed by atoms with Crippen LogP contribution in [0, 0.1) is 0 Å². The summed E-state index contributed by atoms with van der Waals surface area (Å²) >= 11 is 0. The topological polar surface area (TPSA) is 66.2 Å². The Morgan fingerprint density at radius 2 is 1.88 bits per heavy atom. The number of nitrogens with one attached hydrogen (secondary N) is 1. The molecule has 1 aromatic heterocycles. The molecule has 0 bridgehead atoms. The summed E-state index contributed by atoms with van der Waals surface area (Å²) in [5.41, 5.74) is 17.4. The molecule has 3 nitrogen and oxygen atoms in total. The highest BCUT2D eigenvalue weighted by atomic mass is 14.7. The second-order valence-corrected chi connectivity index (χ2v) is 4.51. The molecule has 5 N–H and O–H groups in total. The molecule has 1 aromatic carbocycles. The predicted molar refractivity (Wildman–Crippen MR) is 66.0 cm³/mol. The molecular formula is C13H16N3+. The second-order valence-electron chi connectivity index (χ2n) is 4.51. The van der Waals surface area contributed by atoms with Gasteiger partial charge in [0.2, 0.25) is 5.52 Å². The minimum Gasteiger partial charge on any atom is -0.399 e. The molecule has 0 spiro atoms. The van der Waals surface area contributed by atoms with Gasteiger partial charge in [-0.1, -0.05) is 0 Å². The summed E-state index contributed by atoms with van der Waals surface area (Å²) in [6, 6.07) is 5.87. The van der Waals surface area contributed by atoms with Crippen LogP contribution in [0.1, 0.15) is 24.1 Å². The zero-order chi connectivity index (χ0) is 11.1. The van der Waals surface area contributed by atoms with Crippen molar-refractivity contribution in [2.24, 2.45) is 0 Å². The molecule has 16 heavy (non-hydrogen) atoms. The van der Waals surface area contributed by atoms with Crippen LogP contribution < -0.4 is 16.5 Å². The van der Waals surface area contributed by atoms with Crippen LogP contribution >= 0.6 is 0 Å². The summed E-state index contributed by atoms with van der Waals surface area (Å²) in [5.74, 6) is 0. The fourth-order valence-electron chi connectivity index (χ4n) is 2.56. The molecule has 0 unspecified atom stereocenters. The van der Waals surface area contributed by atoms with Gasteiger partial charge in [0.15, 0.2) is 5.69 Å². The third-order valence-electron chi connectivity index (χ3n) is 3.41. The zero-order valence-electron chi connectivity index (χ0n) is 9.22. The van der Waals surface area contributed by atoms with E-state index < -0.39 is 0 Å². The van der Waals surface area contributed by atoms with Gasteiger partial charge in [-0.25, -0.2) is 4.98 Å². The first-order valence-electron chi connectivity index (χ1n) is 5.77. The molecule has 0 radical (unpaired) electrons. The van der Waals surface area contributed by atoms with Gasteiger partial charge >= 0.3 is 0 Å². The van der Waals surface area contributed by atoms with Gasteiger partial charge in [0.25, 0.3) is 0 Å². The Morgan fingerprint density at radius 3 is 2.75 bits per heavy atom. The van der Waals surface area contributed by atoms with E-state index >= 15 is 0 Å². The molecular weight excluding hydrogens is 198 g/mol. The Morgan fingerprint density at radius 1 is 1.06 bits per heavy atom. The van der Waals surface area contributed by atoms with Crippen molar-refractivity contribution in [2.45, 2.75) is 25.7 Å². The molecule has 0 aliphatic heterocycles. The predicted octanol–water partition coefficient (Wildman–Crippen LogP) is 1.70. The van der Waals surface area contributed by atoms with Gasteiger partial charge in [0.1, 0.15) is 0 Å². The monoisotopic (exact) mass is 214 g/mol. The highest BCUT2D eigenvalue weighted by molar-refractivity contribution is 5.91. The fraction of sp³-hybridized carbons (Fsp3) is 0.308. The normalized spacial score (nSPS) is 15.0. The lowest BCUT2D eigenvalue weighted by atomic mass is 9.93. The van der Waals surface area contributed by atoms with Crippen LogP contribution in [-0.4, -0.2) is 0 Å². The van der Waals surface area contributed by atoms with Crippen LogP contribution in [0.25, 0.3) is 10.9 Å². The molecule has 1 heterocycles. The Bertz CT molecular complexity index is 561. The largest absolute Gasteiger partial charge is 0.399 e. The minimum atomic E-state index is 0.767. The van der Waals surface area contributed by atoms with Crippen molar-refractivity contribution in [1.82, 2.24) is 0 Å². The summed E-state index contributed by atoms with van der Waals surface area (Å²) < 4.78 is 0. The quantitative estimate of drug-likeness (QED) is 0.655. The maximum Gasteiger partial charge on any atom is 0.213 e. The average molecular weight is 214 g/mol. The van der Waals surface area contributed by atoms with E-state index in [0.717, 1.165) is 35.1 Å².